The lowest BCUT2D eigenvalue weighted by Crippen LogP contribution is -2.29. The van der Waals surface area contributed by atoms with E-state index in [-0.39, 0.29) is 6.04 Å². The van der Waals surface area contributed by atoms with Crippen molar-refractivity contribution < 1.29 is 22.9 Å². The molecule has 0 spiro atoms. The van der Waals surface area contributed by atoms with E-state index in [1.807, 2.05) is 0 Å². The summed E-state index contributed by atoms with van der Waals surface area (Å²) in [5, 5.41) is 0. The SMILES string of the molecule is CC(N)C(C)O[P+](=O)O[P+](=O)O. The third-order valence-electron chi connectivity index (χ3n) is 1.13. The van der Waals surface area contributed by atoms with E-state index in [2.05, 4.69) is 8.83 Å². The second-order valence-corrected chi connectivity index (χ2v) is 4.00. The Labute approximate surface area is 72.0 Å². The fourth-order valence-corrected chi connectivity index (χ4v) is 1.38. The predicted molar refractivity (Wildman–Crippen MR) is 42.7 cm³/mol. The van der Waals surface area contributed by atoms with Gasteiger partial charge in [-0.25, -0.2) is 0 Å². The van der Waals surface area contributed by atoms with Crippen molar-refractivity contribution in [2.75, 3.05) is 0 Å². The van der Waals surface area contributed by atoms with Crippen LogP contribution >= 0.6 is 16.5 Å². The van der Waals surface area contributed by atoms with Crippen LogP contribution < -0.4 is 5.73 Å². The zero-order valence-corrected chi connectivity index (χ0v) is 8.50. The minimum Gasteiger partial charge on any atom is -0.326 e. The summed E-state index contributed by atoms with van der Waals surface area (Å²) in [6.45, 7) is 3.25. The van der Waals surface area contributed by atoms with Gasteiger partial charge in [0.1, 0.15) is 6.10 Å². The molecule has 0 aromatic carbocycles. The first-order chi connectivity index (χ1) is 5.43. The zero-order valence-electron chi connectivity index (χ0n) is 6.71. The number of nitrogens with two attached hydrogens (primary N) is 1. The topological polar surface area (TPSA) is 98.9 Å². The number of hydrogen-bond acceptors (Lipinski definition) is 5. The molecule has 4 atom stereocenters. The van der Waals surface area contributed by atoms with Gasteiger partial charge in [0.05, 0.1) is 0 Å². The first-order valence-electron chi connectivity index (χ1n) is 3.17. The summed E-state index contributed by atoms with van der Waals surface area (Å²) in [4.78, 5) is 8.17. The lowest BCUT2D eigenvalue weighted by molar-refractivity contribution is 0.185. The van der Waals surface area contributed by atoms with Crippen LogP contribution in [0.3, 0.4) is 0 Å². The number of rotatable bonds is 5. The summed E-state index contributed by atoms with van der Waals surface area (Å²) >= 11 is 0. The van der Waals surface area contributed by atoms with Crippen molar-refractivity contribution in [3.05, 3.63) is 0 Å². The second-order valence-electron chi connectivity index (χ2n) is 2.21. The molecule has 3 N–H and O–H groups in total. The standard InChI is InChI=1S/C4H10NO5P2/c1-3(5)4(2)9-12(8)10-11(6)7/h3-4H,5H2,1-2H3/q+1/p+1. The molecule has 0 radical (unpaired) electrons. The third kappa shape index (κ3) is 5.66. The second kappa shape index (κ2) is 5.65. The molecule has 0 aromatic rings. The van der Waals surface area contributed by atoms with Crippen molar-refractivity contribution in [1.29, 1.82) is 0 Å². The van der Waals surface area contributed by atoms with Gasteiger partial charge >= 0.3 is 16.5 Å². The molecular weight excluding hydrogens is 204 g/mol. The highest BCUT2D eigenvalue weighted by Crippen LogP contribution is 2.37. The Hall–Kier alpha value is 0.0400. The fraction of sp³-hybridized carbons (Fsp3) is 1.00. The van der Waals surface area contributed by atoms with Crippen molar-refractivity contribution in [2.45, 2.75) is 26.0 Å². The fourth-order valence-electron chi connectivity index (χ4n) is 0.308. The Morgan fingerprint density at radius 1 is 1.42 bits per heavy atom. The molecule has 0 heterocycles. The maximum Gasteiger partial charge on any atom is 0.748 e. The van der Waals surface area contributed by atoms with E-state index in [0.717, 1.165) is 0 Å². The van der Waals surface area contributed by atoms with E-state index in [4.69, 9.17) is 10.6 Å². The van der Waals surface area contributed by atoms with Crippen molar-refractivity contribution >= 4 is 16.5 Å². The van der Waals surface area contributed by atoms with Crippen molar-refractivity contribution in [2.24, 2.45) is 5.73 Å². The molecule has 12 heavy (non-hydrogen) atoms. The van der Waals surface area contributed by atoms with E-state index >= 15 is 0 Å². The van der Waals surface area contributed by atoms with Gasteiger partial charge in [-0.3, -0.25) is 0 Å². The van der Waals surface area contributed by atoms with Crippen LogP contribution in [0.25, 0.3) is 0 Å². The predicted octanol–water partition coefficient (Wildman–Crippen LogP) is 1.06. The molecule has 0 bridgehead atoms. The Balaban J connectivity index is 3.77. The quantitative estimate of drug-likeness (QED) is 0.665. The van der Waals surface area contributed by atoms with Crippen LogP contribution in [0.2, 0.25) is 0 Å². The minimum atomic E-state index is -2.89. The molecule has 0 aromatic heterocycles. The van der Waals surface area contributed by atoms with Gasteiger partial charge in [0, 0.05) is 15.2 Å². The van der Waals surface area contributed by atoms with Crippen LogP contribution in [0.1, 0.15) is 13.8 Å². The number of hydrogen-bond donors (Lipinski definition) is 2. The summed E-state index contributed by atoms with van der Waals surface area (Å²) in [5.74, 6) is 0. The first kappa shape index (κ1) is 12.0. The first-order valence-corrected chi connectivity index (χ1v) is 5.40. The van der Waals surface area contributed by atoms with Crippen LogP contribution in [0.4, 0.5) is 0 Å². The smallest absolute Gasteiger partial charge is 0.326 e. The molecule has 70 valence electrons. The largest absolute Gasteiger partial charge is 0.748 e. The molecule has 6 nitrogen and oxygen atoms in total. The molecule has 0 saturated heterocycles. The van der Waals surface area contributed by atoms with E-state index in [0.29, 0.717) is 0 Å². The van der Waals surface area contributed by atoms with Crippen LogP contribution in [-0.4, -0.2) is 17.0 Å². The van der Waals surface area contributed by atoms with Gasteiger partial charge in [0.15, 0.2) is 4.31 Å². The molecule has 4 unspecified atom stereocenters. The van der Waals surface area contributed by atoms with Crippen molar-refractivity contribution in [1.82, 2.24) is 0 Å². The average Bonchev–Trinajstić information content (AvgIpc) is 1.84. The van der Waals surface area contributed by atoms with Gasteiger partial charge in [-0.05, 0) is 13.8 Å². The lowest BCUT2D eigenvalue weighted by atomic mass is 10.2. The maximum absolute atomic E-state index is 10.7. The summed E-state index contributed by atoms with van der Waals surface area (Å²) in [6.07, 6.45) is -0.483. The summed E-state index contributed by atoms with van der Waals surface area (Å²) < 4.78 is 29.3. The molecular formula is C4H11NO5P2+2. The Kier molecular flexibility index (Phi) is 5.66. The molecule has 0 rings (SSSR count). The maximum atomic E-state index is 10.7. The van der Waals surface area contributed by atoms with Gasteiger partial charge in [0.2, 0.25) is 0 Å². The van der Waals surface area contributed by atoms with Gasteiger partial charge in [-0.15, -0.1) is 9.42 Å². The molecule has 8 heteroatoms. The average molecular weight is 215 g/mol. The molecule has 0 aliphatic carbocycles. The van der Waals surface area contributed by atoms with Crippen molar-refractivity contribution in [3.8, 4) is 0 Å². The Morgan fingerprint density at radius 3 is 2.25 bits per heavy atom. The van der Waals surface area contributed by atoms with E-state index in [1.165, 1.54) is 0 Å². The van der Waals surface area contributed by atoms with E-state index < -0.39 is 22.6 Å². The summed E-state index contributed by atoms with van der Waals surface area (Å²) in [5.41, 5.74) is 5.37. The molecule has 0 saturated carbocycles. The molecule has 0 aliphatic rings. The zero-order chi connectivity index (χ0) is 9.72. The normalized spacial score (nSPS) is 18.3. The van der Waals surface area contributed by atoms with Gasteiger partial charge < -0.3 is 5.73 Å². The highest BCUT2D eigenvalue weighted by Gasteiger charge is 2.38. The van der Waals surface area contributed by atoms with Crippen molar-refractivity contribution in [3.63, 3.8) is 0 Å². The Bertz CT molecular complexity index is 184. The highest BCUT2D eigenvalue weighted by atomic mass is 31.2. The monoisotopic (exact) mass is 215 g/mol. The molecule has 0 aliphatic heterocycles. The van der Waals surface area contributed by atoms with Crippen LogP contribution in [-0.2, 0) is 18.0 Å². The molecule has 0 fully saturated rings. The minimum absolute atomic E-state index is 0.316. The van der Waals surface area contributed by atoms with E-state index in [9.17, 15) is 9.13 Å². The summed E-state index contributed by atoms with van der Waals surface area (Å²) in [7, 11) is -5.44. The molecule has 0 amide bonds. The van der Waals surface area contributed by atoms with Gasteiger partial charge in [-0.1, -0.05) is 0 Å². The van der Waals surface area contributed by atoms with Crippen LogP contribution in [0, 0.1) is 0 Å². The van der Waals surface area contributed by atoms with Crippen LogP contribution in [0.5, 0.6) is 0 Å². The van der Waals surface area contributed by atoms with Gasteiger partial charge in [0.25, 0.3) is 0 Å². The Morgan fingerprint density at radius 2 is 1.92 bits per heavy atom. The lowest BCUT2D eigenvalue weighted by Gasteiger charge is -2.05. The van der Waals surface area contributed by atoms with Gasteiger partial charge in [-0.2, -0.15) is 0 Å². The summed E-state index contributed by atoms with van der Waals surface area (Å²) in [6, 6.07) is -0.316. The highest BCUT2D eigenvalue weighted by molar-refractivity contribution is 7.47. The van der Waals surface area contributed by atoms with Crippen LogP contribution in [0.15, 0.2) is 0 Å². The third-order valence-corrected chi connectivity index (χ3v) is 2.73. The van der Waals surface area contributed by atoms with E-state index in [1.54, 1.807) is 13.8 Å².